The molecular weight excluding hydrogens is 2560 g/mol. The van der Waals surface area contributed by atoms with Crippen LogP contribution in [0, 0.1) is 30.1 Å². The fourth-order valence-electron chi connectivity index (χ4n) is 14.4. The number of aliphatic hydroxyl groups excluding tert-OH is 2. The van der Waals surface area contributed by atoms with Gasteiger partial charge in [0.2, 0.25) is 0 Å². The number of alkyl halides is 2. The second kappa shape index (κ2) is 49.8. The van der Waals surface area contributed by atoms with Crippen LogP contribution in [0.5, 0.6) is 11.5 Å². The predicted octanol–water partition coefficient (Wildman–Crippen LogP) is 27.9. The number of para-hydroxylation sites is 2. The maximum Gasteiger partial charge on any atom is 0.266 e. The number of aliphatic imine (C=N–C) groups is 2. The van der Waals surface area contributed by atoms with Gasteiger partial charge < -0.3 is 40.4 Å². The number of hydrogen-bond donors (Lipinski definition) is 4. The quantitative estimate of drug-likeness (QED) is 0.0333. The van der Waals surface area contributed by atoms with E-state index in [-0.39, 0.29) is 186 Å². The van der Waals surface area contributed by atoms with Crippen molar-refractivity contribution in [3.8, 4) is 67.7 Å². The third-order valence-electron chi connectivity index (χ3n) is 21.1. The monoisotopic (exact) mass is 2670 g/mol. The first-order valence-electron chi connectivity index (χ1n) is 42.2. The van der Waals surface area contributed by atoms with Gasteiger partial charge in [0.05, 0.1) is 22.7 Å². The first-order valence-corrected chi connectivity index (χ1v) is 42.2. The van der Waals surface area contributed by atoms with Gasteiger partial charge in [-0.15, -0.1) is 131 Å². The zero-order valence-electron chi connectivity index (χ0n) is 76.5. The number of carbonyl (C=O) groups excluding carboxylic acids is 3. The van der Waals surface area contributed by atoms with E-state index in [2.05, 4.69) is 212 Å². The molecule has 0 atom stereocenters. The predicted molar refractivity (Wildman–Crippen MR) is 513 cm³/mol. The van der Waals surface area contributed by atoms with Crippen LogP contribution in [-0.4, -0.2) is 70.1 Å². The molecule has 4 radical (unpaired) electrons. The molecule has 0 amide bonds. The third-order valence-corrected chi connectivity index (χ3v) is 21.1. The van der Waals surface area contributed by atoms with E-state index in [1.165, 1.54) is 78.4 Å². The Balaban J connectivity index is 0.000000252. The number of pyridine rings is 4. The zero-order valence-corrected chi connectivity index (χ0v) is 88.3. The molecule has 0 spiro atoms. The van der Waals surface area contributed by atoms with E-state index in [0.29, 0.717) is 58.4 Å². The number of aromatic hydroxyl groups is 2. The van der Waals surface area contributed by atoms with Gasteiger partial charge in [-0.2, -0.15) is 0 Å². The van der Waals surface area contributed by atoms with E-state index in [1.54, 1.807) is 55.2 Å². The van der Waals surface area contributed by atoms with E-state index in [9.17, 15) is 37.8 Å². The molecule has 4 N–H and O–H groups in total. The number of halogens is 3. The van der Waals surface area contributed by atoms with E-state index in [1.807, 2.05) is 134 Å². The Hall–Kier alpha value is -11.1. The number of Topliss-reactive ketones (excluding diaryl/α,β-unsaturated/α-hetero) is 2. The molecule has 11 aromatic carbocycles. The number of hydrogen-bond acceptors (Lipinski definition) is 13. The van der Waals surface area contributed by atoms with Crippen molar-refractivity contribution in [1.29, 1.82) is 0 Å². The zero-order chi connectivity index (χ0) is 92.3. The Kier molecular flexibility index (Phi) is 41.4. The second-order valence-corrected chi connectivity index (χ2v) is 35.1. The molecule has 133 heavy (non-hydrogen) atoms. The molecule has 696 valence electrons. The van der Waals surface area contributed by atoms with Crippen molar-refractivity contribution in [1.82, 2.24) is 19.9 Å². The molecule has 15 aromatic rings. The van der Waals surface area contributed by atoms with Gasteiger partial charge in [-0.25, -0.2) is 8.78 Å². The van der Waals surface area contributed by atoms with Crippen LogP contribution in [0.15, 0.2) is 319 Å². The Morgan fingerprint density at radius 3 is 1.43 bits per heavy atom. The minimum Gasteiger partial charge on any atom is -0.512 e. The van der Waals surface area contributed by atoms with E-state index in [0.717, 1.165) is 66.8 Å². The fourth-order valence-corrected chi connectivity index (χ4v) is 14.4. The van der Waals surface area contributed by atoms with Crippen molar-refractivity contribution in [2.45, 2.75) is 151 Å². The van der Waals surface area contributed by atoms with Crippen molar-refractivity contribution >= 4 is 73.5 Å². The molecule has 21 heteroatoms. The number of aromatic nitrogens is 4. The summed E-state index contributed by atoms with van der Waals surface area (Å²) in [7, 11) is 0. The topological polar surface area (TPSA) is 208 Å². The minimum atomic E-state index is -3.00. The second-order valence-electron chi connectivity index (χ2n) is 35.1. The summed E-state index contributed by atoms with van der Waals surface area (Å²) in [4.78, 5) is 58.8. The molecule has 4 aromatic heterocycles. The third kappa shape index (κ3) is 29.5. The molecule has 0 aliphatic heterocycles. The van der Waals surface area contributed by atoms with Crippen molar-refractivity contribution in [2.75, 3.05) is 0 Å². The average molecular weight is 2670 g/mol. The van der Waals surface area contributed by atoms with Gasteiger partial charge in [-0.1, -0.05) is 222 Å². The van der Waals surface area contributed by atoms with Gasteiger partial charge >= 0.3 is 0 Å². The van der Waals surface area contributed by atoms with Crippen LogP contribution >= 0.6 is 0 Å². The Morgan fingerprint density at radius 2 is 0.947 bits per heavy atom. The molecule has 0 bridgehead atoms. The van der Waals surface area contributed by atoms with E-state index >= 15 is 0 Å². The first kappa shape index (κ1) is 111. The number of allylic oxidation sites excluding steroid dienone is 4. The summed E-state index contributed by atoms with van der Waals surface area (Å²) in [6.07, 6.45) is 13.2. The van der Waals surface area contributed by atoms with Crippen LogP contribution in [0.3, 0.4) is 0 Å². The van der Waals surface area contributed by atoms with Crippen LogP contribution in [0.4, 0.5) is 24.5 Å². The number of phenols is 2. The molecule has 0 unspecified atom stereocenters. The van der Waals surface area contributed by atoms with Gasteiger partial charge in [-0.3, -0.25) is 28.8 Å². The van der Waals surface area contributed by atoms with E-state index < -0.39 is 5.92 Å². The van der Waals surface area contributed by atoms with Crippen LogP contribution in [-0.2, 0) is 143 Å². The summed E-state index contributed by atoms with van der Waals surface area (Å²) in [5, 5.41) is 45.9. The summed E-state index contributed by atoms with van der Waals surface area (Å²) in [6.45, 7) is 29.8. The van der Waals surface area contributed by atoms with E-state index in [4.69, 9.17) is 20.2 Å². The van der Waals surface area contributed by atoms with Crippen molar-refractivity contribution in [3.63, 3.8) is 0 Å². The fraction of sp³-hybridized carbons (Fsp3) is 0.205. The molecule has 17 rings (SSSR count). The molecule has 0 saturated heterocycles. The van der Waals surface area contributed by atoms with Crippen LogP contribution in [0.2, 0.25) is 0 Å². The maximum atomic E-state index is 14.6. The number of phenolic OH excluding ortho intramolecular Hbond substituents is 2. The largest absolute Gasteiger partial charge is 0.512 e. The minimum absolute atomic E-state index is 0. The number of rotatable bonds is 10. The number of carbonyl (C=O) groups is 3. The number of benzene rings is 11. The van der Waals surface area contributed by atoms with Crippen molar-refractivity contribution in [2.24, 2.45) is 9.98 Å². The molecular formula is C112H105F3Ir4N6O7Pt-4. The van der Waals surface area contributed by atoms with Gasteiger partial charge in [0.25, 0.3) is 5.92 Å². The molecule has 2 aliphatic rings. The SMILES string of the molecule is CC(=O)C1=C(O)CCCC1=O.CC(=O)C=C(C)O.CC(C)(C)c1cc(C=Nc2ccccc2N=Cc2cc(C(C)(C)C)cc(C(C)(C)C)c2O)c(O)c(C(C)(C)C)c1.FC1(F)c2ccc[c-]c2-c2nccc3cccc1c23.Fc1c[c-]c(-c2ccccn2)cc1.[Ir].[Ir].[Ir].[Ir].[Pt].[c-]1ccc(-c2ccccc2)cc1-c1nccc2ccccc12.[c-]1ccccc1-c1nccc2ccccc12. The first-order chi connectivity index (χ1) is 60.9. The standard InChI is InChI=1S/C36H48N2O2.C21H14N.C16H8F2N.C15H10N.C11H7FN.C8H10O3.C5H8O2.4Ir.Pt/c1-33(2,3)25-17-23(31(39)27(19-25)35(7,8)9)21-37-29-15-13-14-16-30(29)38-22-24-18-26(34(4,5)6)20-28(32(24)40)36(10,11)12;1-2-7-16(8-3-1)18-10-6-11-19(15-18)21-20-12-5-4-9-17(20)13-14-22-21;17-16(18)12-6-2-1-5-11(12)15-14-10(8-9-19-15)4-3-7-13(14)16;1-2-7-13(8-3-1)15-14-9-5-4-6-12(14)10-11-16-15;12-10-6-4-9(5-7-10)11-3-1-2-8-13-11;1-5(9)8-6(10)3-2-4-7(8)11;1-4(6)3-5(2)7;;;;;/h13-22,39-40H,1-12H3;1-10,12-15H;1-4,6-9H;1-7,9-11H;1-4,6-8H;10H,2-4H2,1H3;3,6H,1-2H3;;;;;/q;4*-1;;;;;;;. The van der Waals surface area contributed by atoms with Crippen LogP contribution in [0.25, 0.3) is 88.5 Å². The van der Waals surface area contributed by atoms with Crippen LogP contribution < -0.4 is 0 Å². The summed E-state index contributed by atoms with van der Waals surface area (Å²) in [5.74, 6) is -3.41. The summed E-state index contributed by atoms with van der Waals surface area (Å²) in [5.41, 5.74) is 15.3. The number of aliphatic hydroxyl groups is 2. The van der Waals surface area contributed by atoms with Crippen molar-refractivity contribution < 1.29 is 149 Å². The molecule has 0 fully saturated rings. The number of ketones is 3. The number of nitrogens with zero attached hydrogens (tertiary/aromatic N) is 6. The maximum absolute atomic E-state index is 14.6. The average Bonchev–Trinajstić information content (AvgIpc) is 0.720. The van der Waals surface area contributed by atoms with Gasteiger partial charge in [0.1, 0.15) is 17.3 Å². The number of fused-ring (bicyclic) bond motifs is 4. The summed E-state index contributed by atoms with van der Waals surface area (Å²) >= 11 is 0. The Bertz CT molecular complexity index is 6480. The molecule has 4 heterocycles. The molecule has 0 saturated carbocycles. The van der Waals surface area contributed by atoms with Gasteiger partial charge in [0, 0.05) is 191 Å². The Morgan fingerprint density at radius 1 is 0.451 bits per heavy atom. The van der Waals surface area contributed by atoms with Crippen molar-refractivity contribution in [3.05, 3.63) is 383 Å². The Labute approximate surface area is 847 Å². The van der Waals surface area contributed by atoms with Crippen LogP contribution in [0.1, 0.15) is 168 Å². The molecule has 13 nitrogen and oxygen atoms in total. The summed E-state index contributed by atoms with van der Waals surface area (Å²) < 4.78 is 41.8. The van der Waals surface area contributed by atoms with Gasteiger partial charge in [0.15, 0.2) is 17.3 Å². The van der Waals surface area contributed by atoms with Gasteiger partial charge in [-0.05, 0) is 169 Å². The smallest absolute Gasteiger partial charge is 0.266 e. The summed E-state index contributed by atoms with van der Waals surface area (Å²) in [6, 6.07) is 94.7. The normalized spacial score (nSPS) is 12.4. The molecule has 2 aliphatic carbocycles.